The van der Waals surface area contributed by atoms with Crippen molar-refractivity contribution in [2.75, 3.05) is 139 Å². The molecule has 0 radical (unpaired) electrons. The van der Waals surface area contributed by atoms with Crippen LogP contribution in [-0.4, -0.2) is 258 Å². The molecule has 78 heavy (non-hydrogen) atoms. The van der Waals surface area contributed by atoms with E-state index in [1.165, 1.54) is 0 Å². The molecule has 0 aliphatic carbocycles. The number of esters is 3. The molecule has 4 aliphatic heterocycles. The van der Waals surface area contributed by atoms with Crippen LogP contribution in [0.4, 0.5) is 0 Å². The minimum absolute atomic E-state index is 0.000168. The van der Waals surface area contributed by atoms with Crippen LogP contribution in [0.2, 0.25) is 0 Å². The summed E-state index contributed by atoms with van der Waals surface area (Å²) in [6, 6.07) is 0. The summed E-state index contributed by atoms with van der Waals surface area (Å²) in [5.74, 6) is -12.7. The van der Waals surface area contributed by atoms with Gasteiger partial charge in [-0.25, -0.2) is 33.6 Å². The summed E-state index contributed by atoms with van der Waals surface area (Å²) in [6.07, 6.45) is -0.950. The third-order valence-corrected chi connectivity index (χ3v) is 10.0. The molecule has 0 aromatic carbocycles. The second-order valence-electron chi connectivity index (χ2n) is 16.1. The Kier molecular flexibility index (Phi) is 29.7. The standard InChI is InChI=1S/C42H54N6O27.C2H6O/c49-28-1-2-29(50)45(28)72-39(60)24-65-20-19-64-15-11-43(12-16-69-36(57)21-66-25-40(61)73-46-30(51)3-4-31(46)52)9-10-44(13-17-70-37(58)22-67-26-41(62)74-47-32(53)5-6-33(47)54)14-18-71-38(59)23-68-27-42(63)75-48-34(55)7-8-35(48)56;1-3-2/h1-27H2;1-2H3. The van der Waals surface area contributed by atoms with Gasteiger partial charge in [0.15, 0.2) is 0 Å². The van der Waals surface area contributed by atoms with Crippen LogP contribution < -0.4 is 0 Å². The van der Waals surface area contributed by atoms with E-state index in [1.54, 1.807) is 24.0 Å². The van der Waals surface area contributed by atoms with Crippen molar-refractivity contribution in [2.45, 2.75) is 51.4 Å². The normalized spacial score (nSPS) is 15.3. The molecule has 0 bridgehead atoms. The number of methoxy groups -OCH3 is 1. The van der Waals surface area contributed by atoms with E-state index in [-0.39, 0.29) is 130 Å². The minimum atomic E-state index is -1.12. The highest BCUT2D eigenvalue weighted by atomic mass is 16.8. The van der Waals surface area contributed by atoms with Gasteiger partial charge in [-0.3, -0.25) is 48.2 Å². The summed E-state index contributed by atoms with van der Waals surface area (Å²) >= 11 is 0. The molecule has 4 heterocycles. The third-order valence-electron chi connectivity index (χ3n) is 10.0. The van der Waals surface area contributed by atoms with Crippen molar-refractivity contribution < 1.29 is 134 Å². The van der Waals surface area contributed by atoms with Crippen LogP contribution in [0.15, 0.2) is 0 Å². The molecule has 4 rings (SSSR count). The SMILES string of the molecule is COC.O=C(COCC(=O)ON1C(=O)CCC1=O)OCCN(CCOCCOCC(=O)ON1C(=O)CCC1=O)CCN(CCOC(=O)COCC(=O)ON1C(=O)CCC1=O)CCOC(=O)COCC(=O)ON1C(=O)CCC1=O. The average molecular weight is 1120 g/mol. The summed E-state index contributed by atoms with van der Waals surface area (Å²) in [4.78, 5) is 201. The molecule has 4 saturated heterocycles. The Labute approximate surface area is 443 Å². The molecule has 0 spiro atoms. The third kappa shape index (κ3) is 25.1. The number of rotatable bonds is 36. The van der Waals surface area contributed by atoms with Crippen LogP contribution >= 0.6 is 0 Å². The molecule has 0 aromatic heterocycles. The topological polar surface area (TPSA) is 395 Å². The smallest absolute Gasteiger partial charge is 0.358 e. The van der Waals surface area contributed by atoms with Crippen molar-refractivity contribution in [3.8, 4) is 0 Å². The Bertz CT molecular complexity index is 2040. The lowest BCUT2D eigenvalue weighted by atomic mass is 10.4. The maximum Gasteiger partial charge on any atom is 0.358 e. The van der Waals surface area contributed by atoms with Crippen LogP contribution in [0.1, 0.15) is 51.4 Å². The van der Waals surface area contributed by atoms with Gasteiger partial charge in [0.25, 0.3) is 47.3 Å². The number of imide groups is 4. The highest BCUT2D eigenvalue weighted by Gasteiger charge is 2.36. The van der Waals surface area contributed by atoms with Crippen molar-refractivity contribution in [3.63, 3.8) is 0 Å². The predicted molar refractivity (Wildman–Crippen MR) is 242 cm³/mol. The summed E-state index contributed by atoms with van der Waals surface area (Å²) in [5, 5.41) is 1.31. The van der Waals surface area contributed by atoms with Gasteiger partial charge in [0.2, 0.25) is 0 Å². The van der Waals surface area contributed by atoms with Gasteiger partial charge in [-0.05, 0) is 0 Å². The molecular formula is C44H60N6O28. The van der Waals surface area contributed by atoms with Crippen molar-refractivity contribution in [3.05, 3.63) is 0 Å². The first-order chi connectivity index (χ1) is 37.3. The van der Waals surface area contributed by atoms with Gasteiger partial charge in [-0.2, -0.15) is 0 Å². The Morgan fingerprint density at radius 1 is 0.308 bits per heavy atom. The van der Waals surface area contributed by atoms with Crippen LogP contribution in [-0.2, 0) is 134 Å². The summed E-state index contributed by atoms with van der Waals surface area (Å²) in [6.45, 7) is -5.51. The van der Waals surface area contributed by atoms with Crippen molar-refractivity contribution in [2.24, 2.45) is 0 Å². The van der Waals surface area contributed by atoms with Gasteiger partial charge < -0.3 is 62.0 Å². The molecule has 34 heteroatoms. The minimum Gasteiger partial charge on any atom is -0.463 e. The largest absolute Gasteiger partial charge is 0.463 e. The van der Waals surface area contributed by atoms with Gasteiger partial charge in [0, 0.05) is 105 Å². The quantitative estimate of drug-likeness (QED) is 0.0245. The average Bonchev–Trinajstić information content (AvgIpc) is 4.10. The van der Waals surface area contributed by atoms with Crippen LogP contribution in [0.3, 0.4) is 0 Å². The number of nitrogens with zero attached hydrogens (tertiary/aromatic N) is 6. The van der Waals surface area contributed by atoms with Crippen LogP contribution in [0.25, 0.3) is 0 Å². The predicted octanol–water partition coefficient (Wildman–Crippen LogP) is -5.01. The first-order valence-corrected chi connectivity index (χ1v) is 23.8. The molecule has 0 saturated carbocycles. The molecule has 4 fully saturated rings. The molecule has 0 atom stereocenters. The number of carbonyl (C=O) groups is 15. The monoisotopic (exact) mass is 1120 g/mol. The molecule has 0 aromatic rings. The Morgan fingerprint density at radius 3 is 0.795 bits per heavy atom. The summed E-state index contributed by atoms with van der Waals surface area (Å²) in [5.41, 5.74) is 0. The number of hydrogen-bond donors (Lipinski definition) is 0. The van der Waals surface area contributed by atoms with Crippen molar-refractivity contribution in [1.29, 1.82) is 0 Å². The number of amides is 8. The fraction of sp³-hybridized carbons (Fsp3) is 0.659. The Morgan fingerprint density at radius 2 is 0.526 bits per heavy atom. The van der Waals surface area contributed by atoms with Gasteiger partial charge in [0.1, 0.15) is 66.1 Å². The zero-order valence-corrected chi connectivity index (χ0v) is 42.7. The molecule has 34 nitrogen and oxygen atoms in total. The second kappa shape index (κ2) is 35.8. The highest BCUT2D eigenvalue weighted by Crippen LogP contribution is 2.15. The zero-order valence-electron chi connectivity index (χ0n) is 42.7. The van der Waals surface area contributed by atoms with Crippen LogP contribution in [0.5, 0.6) is 0 Å². The molecule has 0 unspecified atom stereocenters. The maximum atomic E-state index is 12.4. The lowest BCUT2D eigenvalue weighted by Crippen LogP contribution is -2.41. The van der Waals surface area contributed by atoms with E-state index in [0.29, 0.717) is 20.3 Å². The Balaban J connectivity index is 0.00000521. The van der Waals surface area contributed by atoms with Gasteiger partial charge in [-0.15, -0.1) is 20.3 Å². The number of hydroxylamine groups is 8. The van der Waals surface area contributed by atoms with E-state index in [0.717, 1.165) is 0 Å². The zero-order chi connectivity index (χ0) is 57.4. The fourth-order valence-corrected chi connectivity index (χ4v) is 6.31. The summed E-state index contributed by atoms with van der Waals surface area (Å²) < 4.78 is 45.7. The molecule has 8 amide bonds. The first kappa shape index (κ1) is 64.8. The number of ether oxygens (including phenoxy) is 9. The summed E-state index contributed by atoms with van der Waals surface area (Å²) in [7, 11) is 3.25. The molecular weight excluding hydrogens is 1060 g/mol. The molecule has 434 valence electrons. The molecule has 0 N–H and O–H groups in total. The molecule has 4 aliphatic rings. The lowest BCUT2D eigenvalue weighted by molar-refractivity contribution is -0.200. The maximum absolute atomic E-state index is 12.4. The van der Waals surface area contributed by atoms with Crippen molar-refractivity contribution in [1.82, 2.24) is 30.1 Å². The van der Waals surface area contributed by atoms with Gasteiger partial charge in [-0.1, -0.05) is 0 Å². The highest BCUT2D eigenvalue weighted by molar-refractivity contribution is 6.03. The van der Waals surface area contributed by atoms with Gasteiger partial charge >= 0.3 is 41.8 Å². The number of hydrogen-bond acceptors (Lipinski definition) is 30. The second-order valence-corrected chi connectivity index (χ2v) is 16.1. The lowest BCUT2D eigenvalue weighted by Gasteiger charge is -2.27. The van der Waals surface area contributed by atoms with E-state index in [9.17, 15) is 71.9 Å². The fourth-order valence-electron chi connectivity index (χ4n) is 6.31. The Hall–Kier alpha value is -7.47. The first-order valence-electron chi connectivity index (χ1n) is 23.8. The van der Waals surface area contributed by atoms with E-state index in [1.807, 2.05) is 0 Å². The van der Waals surface area contributed by atoms with E-state index in [4.69, 9.17) is 42.7 Å². The van der Waals surface area contributed by atoms with Crippen LogP contribution in [0, 0.1) is 0 Å². The van der Waals surface area contributed by atoms with E-state index < -0.39 is 135 Å². The van der Waals surface area contributed by atoms with Crippen molar-refractivity contribution >= 4 is 89.0 Å². The van der Waals surface area contributed by atoms with E-state index >= 15 is 0 Å². The van der Waals surface area contributed by atoms with E-state index in [2.05, 4.69) is 19.2 Å². The van der Waals surface area contributed by atoms with Gasteiger partial charge in [0.05, 0.1) is 19.8 Å². The number of carbonyl (C=O) groups excluding carboxylic acids is 15.